The summed E-state index contributed by atoms with van der Waals surface area (Å²) in [4.78, 5) is 11.9. The first-order valence-corrected chi connectivity index (χ1v) is 7.13. The topological polar surface area (TPSA) is 46.5 Å². The zero-order valence-electron chi connectivity index (χ0n) is 11.1. The highest BCUT2D eigenvalue weighted by Gasteiger charge is 2.18. The smallest absolute Gasteiger partial charge is 0.340 e. The molecule has 0 saturated heterocycles. The summed E-state index contributed by atoms with van der Waals surface area (Å²) < 4.78 is 32.0. The Kier molecular flexibility index (Phi) is 4.80. The molecule has 3 nitrogen and oxygen atoms in total. The average Bonchev–Trinajstić information content (AvgIpc) is 2.43. The van der Waals surface area contributed by atoms with Crippen LogP contribution in [-0.2, 0) is 0 Å². The van der Waals surface area contributed by atoms with Crippen LogP contribution in [0.1, 0.15) is 17.3 Å². The normalized spacial score (nSPS) is 10.4. The molecule has 0 saturated carbocycles. The van der Waals surface area contributed by atoms with E-state index in [0.717, 1.165) is 18.2 Å². The molecular formula is C15H12F2O3S. The maximum Gasteiger partial charge on any atom is 0.340 e. The van der Waals surface area contributed by atoms with Gasteiger partial charge in [0.15, 0.2) is 11.6 Å². The van der Waals surface area contributed by atoms with Crippen LogP contribution in [0.15, 0.2) is 41.3 Å². The van der Waals surface area contributed by atoms with E-state index in [4.69, 9.17) is 4.74 Å². The predicted molar refractivity (Wildman–Crippen MR) is 76.2 cm³/mol. The van der Waals surface area contributed by atoms with Crippen molar-refractivity contribution in [3.05, 3.63) is 53.6 Å². The Morgan fingerprint density at radius 2 is 2.00 bits per heavy atom. The van der Waals surface area contributed by atoms with Gasteiger partial charge in [-0.1, -0.05) is 13.0 Å². The molecule has 6 heteroatoms. The molecule has 0 aromatic heterocycles. The van der Waals surface area contributed by atoms with Crippen molar-refractivity contribution < 1.29 is 23.4 Å². The number of carbonyl (C=O) groups is 1. The van der Waals surface area contributed by atoms with Gasteiger partial charge >= 0.3 is 5.97 Å². The number of carboxylic acids is 1. The number of thioether (sulfide) groups is 1. The SMILES string of the molecule is CCSc1cccc(Oc2cc(F)ccc2F)c1C(=O)O. The number of rotatable bonds is 5. The zero-order valence-corrected chi connectivity index (χ0v) is 11.9. The molecular weight excluding hydrogens is 298 g/mol. The first-order valence-electron chi connectivity index (χ1n) is 6.15. The van der Waals surface area contributed by atoms with Gasteiger partial charge in [0.25, 0.3) is 0 Å². The Labute approximate surface area is 124 Å². The quantitative estimate of drug-likeness (QED) is 0.822. The summed E-state index contributed by atoms with van der Waals surface area (Å²) >= 11 is 1.33. The van der Waals surface area contributed by atoms with Gasteiger partial charge in [-0.3, -0.25) is 0 Å². The second-order valence-electron chi connectivity index (χ2n) is 4.04. The Balaban J connectivity index is 2.46. The number of carboxylic acid groups (broad SMARTS) is 1. The lowest BCUT2D eigenvalue weighted by atomic mass is 10.2. The number of ether oxygens (including phenoxy) is 1. The van der Waals surface area contributed by atoms with E-state index in [2.05, 4.69) is 0 Å². The molecule has 0 heterocycles. The summed E-state index contributed by atoms with van der Waals surface area (Å²) in [5.74, 6) is -2.30. The molecule has 0 atom stereocenters. The maximum atomic E-state index is 13.6. The number of benzene rings is 2. The molecule has 2 rings (SSSR count). The van der Waals surface area contributed by atoms with Gasteiger partial charge in [-0.2, -0.15) is 0 Å². The van der Waals surface area contributed by atoms with E-state index < -0.39 is 17.6 Å². The summed E-state index contributed by atoms with van der Waals surface area (Å²) in [5.41, 5.74) is -0.0620. The number of hydrogen-bond acceptors (Lipinski definition) is 3. The van der Waals surface area contributed by atoms with Crippen LogP contribution in [0.3, 0.4) is 0 Å². The molecule has 2 aromatic rings. The Hall–Kier alpha value is -2.08. The lowest BCUT2D eigenvalue weighted by Gasteiger charge is -2.12. The lowest BCUT2D eigenvalue weighted by molar-refractivity contribution is 0.0690. The summed E-state index contributed by atoms with van der Waals surface area (Å²) in [6.45, 7) is 1.88. The molecule has 0 bridgehead atoms. The molecule has 0 aliphatic rings. The molecule has 2 aromatic carbocycles. The molecule has 0 aliphatic heterocycles. The van der Waals surface area contributed by atoms with Gasteiger partial charge in [-0.15, -0.1) is 11.8 Å². The largest absolute Gasteiger partial charge is 0.478 e. The molecule has 0 spiro atoms. The van der Waals surface area contributed by atoms with Crippen molar-refractivity contribution in [3.8, 4) is 11.5 Å². The minimum atomic E-state index is -1.18. The van der Waals surface area contributed by atoms with E-state index in [9.17, 15) is 18.7 Å². The van der Waals surface area contributed by atoms with E-state index in [1.54, 1.807) is 12.1 Å². The maximum absolute atomic E-state index is 13.6. The highest BCUT2D eigenvalue weighted by atomic mass is 32.2. The van der Waals surface area contributed by atoms with Crippen LogP contribution in [-0.4, -0.2) is 16.8 Å². The minimum absolute atomic E-state index is 0.0227. The van der Waals surface area contributed by atoms with Gasteiger partial charge in [-0.25, -0.2) is 13.6 Å². The summed E-state index contributed by atoms with van der Waals surface area (Å²) in [5, 5.41) is 9.31. The standard InChI is InChI=1S/C15H12F2O3S/c1-2-21-13-5-3-4-11(14(13)15(18)19)20-12-8-9(16)6-7-10(12)17/h3-8H,2H2,1H3,(H,18,19). The summed E-state index contributed by atoms with van der Waals surface area (Å²) in [6, 6.07) is 7.43. The van der Waals surface area contributed by atoms with Gasteiger partial charge in [0.05, 0.1) is 0 Å². The van der Waals surface area contributed by atoms with Crippen LogP contribution in [0.5, 0.6) is 11.5 Å². The Bertz CT molecular complexity index is 674. The van der Waals surface area contributed by atoms with E-state index >= 15 is 0 Å². The first kappa shape index (κ1) is 15.3. The van der Waals surface area contributed by atoms with Gasteiger partial charge in [0.1, 0.15) is 17.1 Å². The summed E-state index contributed by atoms with van der Waals surface area (Å²) in [7, 11) is 0. The van der Waals surface area contributed by atoms with Gasteiger partial charge in [0.2, 0.25) is 0 Å². The van der Waals surface area contributed by atoms with Crippen LogP contribution < -0.4 is 4.74 Å². The zero-order chi connectivity index (χ0) is 15.4. The predicted octanol–water partition coefficient (Wildman–Crippen LogP) is 4.57. The first-order chi connectivity index (χ1) is 10.0. The minimum Gasteiger partial charge on any atom is -0.478 e. The Morgan fingerprint density at radius 3 is 2.67 bits per heavy atom. The molecule has 0 amide bonds. The average molecular weight is 310 g/mol. The lowest BCUT2D eigenvalue weighted by Crippen LogP contribution is -2.03. The van der Waals surface area contributed by atoms with E-state index in [0.29, 0.717) is 10.6 Å². The Morgan fingerprint density at radius 1 is 1.24 bits per heavy atom. The van der Waals surface area contributed by atoms with E-state index in [1.165, 1.54) is 17.8 Å². The van der Waals surface area contributed by atoms with Gasteiger partial charge in [0, 0.05) is 11.0 Å². The number of halogens is 2. The van der Waals surface area contributed by atoms with Crippen molar-refractivity contribution >= 4 is 17.7 Å². The highest BCUT2D eigenvalue weighted by Crippen LogP contribution is 2.34. The highest BCUT2D eigenvalue weighted by molar-refractivity contribution is 7.99. The van der Waals surface area contributed by atoms with E-state index in [1.807, 2.05) is 6.92 Å². The summed E-state index contributed by atoms with van der Waals surface area (Å²) in [6.07, 6.45) is 0. The number of aromatic carboxylic acids is 1. The molecule has 0 fully saturated rings. The fraction of sp³-hybridized carbons (Fsp3) is 0.133. The monoisotopic (exact) mass is 310 g/mol. The molecule has 0 radical (unpaired) electrons. The molecule has 110 valence electrons. The molecule has 0 unspecified atom stereocenters. The molecule has 1 N–H and O–H groups in total. The second-order valence-corrected chi connectivity index (χ2v) is 5.35. The van der Waals surface area contributed by atoms with Crippen LogP contribution >= 0.6 is 11.8 Å². The molecule has 0 aliphatic carbocycles. The van der Waals surface area contributed by atoms with Crippen LogP contribution in [0, 0.1) is 11.6 Å². The number of hydrogen-bond donors (Lipinski definition) is 1. The van der Waals surface area contributed by atoms with Crippen LogP contribution in [0.2, 0.25) is 0 Å². The van der Waals surface area contributed by atoms with Crippen molar-refractivity contribution in [2.75, 3.05) is 5.75 Å². The third-order valence-corrected chi connectivity index (χ3v) is 3.55. The molecule has 21 heavy (non-hydrogen) atoms. The van der Waals surface area contributed by atoms with Gasteiger partial charge in [-0.05, 0) is 30.0 Å². The fourth-order valence-electron chi connectivity index (χ4n) is 1.76. The third kappa shape index (κ3) is 3.52. The van der Waals surface area contributed by atoms with Crippen molar-refractivity contribution in [2.45, 2.75) is 11.8 Å². The van der Waals surface area contributed by atoms with Crippen molar-refractivity contribution in [1.82, 2.24) is 0 Å². The van der Waals surface area contributed by atoms with Crippen LogP contribution in [0.25, 0.3) is 0 Å². The van der Waals surface area contributed by atoms with Crippen LogP contribution in [0.4, 0.5) is 8.78 Å². The van der Waals surface area contributed by atoms with Crippen molar-refractivity contribution in [2.24, 2.45) is 0 Å². The van der Waals surface area contributed by atoms with Gasteiger partial charge < -0.3 is 9.84 Å². The van der Waals surface area contributed by atoms with Crippen molar-refractivity contribution in [1.29, 1.82) is 0 Å². The van der Waals surface area contributed by atoms with E-state index in [-0.39, 0.29) is 17.1 Å². The van der Waals surface area contributed by atoms with Crippen molar-refractivity contribution in [3.63, 3.8) is 0 Å². The second kappa shape index (κ2) is 6.58. The third-order valence-electron chi connectivity index (χ3n) is 2.61. The fourth-order valence-corrected chi connectivity index (χ4v) is 2.57.